The van der Waals surface area contributed by atoms with E-state index in [1.165, 1.54) is 18.2 Å². The molecule has 1 aliphatic rings. The third-order valence-corrected chi connectivity index (χ3v) is 5.64. The number of amides is 4. The lowest BCUT2D eigenvalue weighted by atomic mass is 9.97. The van der Waals surface area contributed by atoms with E-state index in [4.69, 9.17) is 0 Å². The maximum atomic E-state index is 13.6. The first-order valence-corrected chi connectivity index (χ1v) is 10.6. The molecule has 0 bridgehead atoms. The standard InChI is InChI=1S/C25H18BrFN2O3/c1-15-5-2-3-8-22(15)29-24(31)21(23(30)28-25(29)32)14-18-13-19(26)10-9-17(18)11-16-6-4-7-20(27)12-16/h2-10,12-14H,11H2,1H3,(H,28,30,32)/b21-14+. The van der Waals surface area contributed by atoms with E-state index < -0.39 is 17.8 Å². The van der Waals surface area contributed by atoms with Crippen molar-refractivity contribution in [2.24, 2.45) is 0 Å². The van der Waals surface area contributed by atoms with Crippen molar-refractivity contribution in [3.05, 3.63) is 105 Å². The fraction of sp³-hybridized carbons (Fsp3) is 0.0800. The number of nitrogens with one attached hydrogen (secondary N) is 1. The molecule has 0 atom stereocenters. The quantitative estimate of drug-likeness (QED) is 0.404. The Morgan fingerprint density at radius 3 is 2.53 bits per heavy atom. The highest BCUT2D eigenvalue weighted by molar-refractivity contribution is 9.10. The van der Waals surface area contributed by atoms with Crippen LogP contribution in [0.1, 0.15) is 22.3 Å². The fourth-order valence-electron chi connectivity index (χ4n) is 3.57. The van der Waals surface area contributed by atoms with Crippen LogP contribution >= 0.6 is 15.9 Å². The van der Waals surface area contributed by atoms with Gasteiger partial charge < -0.3 is 0 Å². The summed E-state index contributed by atoms with van der Waals surface area (Å²) in [6.45, 7) is 1.78. The Kier molecular flexibility index (Phi) is 6.01. The molecule has 4 amide bonds. The Morgan fingerprint density at radius 1 is 1.00 bits per heavy atom. The van der Waals surface area contributed by atoms with Gasteiger partial charge >= 0.3 is 6.03 Å². The summed E-state index contributed by atoms with van der Waals surface area (Å²) >= 11 is 3.42. The van der Waals surface area contributed by atoms with E-state index in [2.05, 4.69) is 21.2 Å². The average molecular weight is 493 g/mol. The maximum Gasteiger partial charge on any atom is 0.335 e. The van der Waals surface area contributed by atoms with Crippen LogP contribution in [0.5, 0.6) is 0 Å². The number of aryl methyl sites for hydroxylation is 1. The molecule has 1 aliphatic heterocycles. The van der Waals surface area contributed by atoms with Gasteiger partial charge in [0.1, 0.15) is 11.4 Å². The summed E-state index contributed by atoms with van der Waals surface area (Å²) in [5.41, 5.74) is 3.13. The zero-order valence-electron chi connectivity index (χ0n) is 17.1. The molecule has 0 radical (unpaired) electrons. The number of hydrogen-bond acceptors (Lipinski definition) is 3. The predicted molar refractivity (Wildman–Crippen MR) is 124 cm³/mol. The highest BCUT2D eigenvalue weighted by Gasteiger charge is 2.37. The molecule has 4 rings (SSSR count). The normalized spacial score (nSPS) is 15.3. The van der Waals surface area contributed by atoms with Crippen LogP contribution in [0.2, 0.25) is 0 Å². The number of rotatable bonds is 4. The van der Waals surface area contributed by atoms with E-state index in [0.29, 0.717) is 17.7 Å². The maximum absolute atomic E-state index is 13.6. The molecule has 0 spiro atoms. The molecule has 160 valence electrons. The number of carbonyl (C=O) groups excluding carboxylic acids is 3. The topological polar surface area (TPSA) is 66.5 Å². The lowest BCUT2D eigenvalue weighted by Crippen LogP contribution is -2.54. The minimum absolute atomic E-state index is 0.161. The number of barbiturate groups is 1. The SMILES string of the molecule is Cc1ccccc1N1C(=O)NC(=O)/C(=C\c2cc(Br)ccc2Cc2cccc(F)c2)C1=O. The molecular weight excluding hydrogens is 475 g/mol. The Bertz CT molecular complexity index is 1290. The van der Waals surface area contributed by atoms with Crippen molar-refractivity contribution >= 4 is 45.5 Å². The molecule has 1 N–H and O–H groups in total. The van der Waals surface area contributed by atoms with Crippen molar-refractivity contribution < 1.29 is 18.8 Å². The predicted octanol–water partition coefficient (Wildman–Crippen LogP) is 5.15. The largest absolute Gasteiger partial charge is 0.335 e. The second-order valence-electron chi connectivity index (χ2n) is 7.39. The monoisotopic (exact) mass is 492 g/mol. The van der Waals surface area contributed by atoms with E-state index >= 15 is 0 Å². The third kappa shape index (κ3) is 4.38. The number of hydrogen-bond donors (Lipinski definition) is 1. The Labute approximate surface area is 192 Å². The van der Waals surface area contributed by atoms with E-state index in [1.807, 2.05) is 12.1 Å². The number of carbonyl (C=O) groups is 3. The van der Waals surface area contributed by atoms with Crippen LogP contribution < -0.4 is 10.2 Å². The lowest BCUT2D eigenvalue weighted by molar-refractivity contribution is -0.122. The lowest BCUT2D eigenvalue weighted by Gasteiger charge is -2.27. The van der Waals surface area contributed by atoms with Crippen LogP contribution in [0.15, 0.2) is 76.8 Å². The van der Waals surface area contributed by atoms with Gasteiger partial charge in [0.05, 0.1) is 5.69 Å². The molecule has 32 heavy (non-hydrogen) atoms. The van der Waals surface area contributed by atoms with Crippen molar-refractivity contribution in [2.45, 2.75) is 13.3 Å². The number of halogens is 2. The Morgan fingerprint density at radius 2 is 1.78 bits per heavy atom. The minimum atomic E-state index is -0.791. The second kappa shape index (κ2) is 8.88. The molecular formula is C25H18BrFN2O3. The molecule has 0 aromatic heterocycles. The number of benzene rings is 3. The number of imide groups is 2. The van der Waals surface area contributed by atoms with Gasteiger partial charge in [-0.15, -0.1) is 0 Å². The van der Waals surface area contributed by atoms with E-state index in [-0.39, 0.29) is 11.4 Å². The van der Waals surface area contributed by atoms with Crippen LogP contribution in [0.25, 0.3) is 6.08 Å². The third-order valence-electron chi connectivity index (χ3n) is 5.15. The number of urea groups is 1. The molecule has 7 heteroatoms. The highest BCUT2D eigenvalue weighted by atomic mass is 79.9. The van der Waals surface area contributed by atoms with E-state index in [0.717, 1.165) is 26.1 Å². The summed E-state index contributed by atoms with van der Waals surface area (Å²) in [5.74, 6) is -1.81. The molecule has 5 nitrogen and oxygen atoms in total. The summed E-state index contributed by atoms with van der Waals surface area (Å²) in [7, 11) is 0. The average Bonchev–Trinajstić information content (AvgIpc) is 2.74. The molecule has 1 saturated heterocycles. The molecule has 1 heterocycles. The van der Waals surface area contributed by atoms with Gasteiger partial charge in [0.2, 0.25) is 0 Å². The van der Waals surface area contributed by atoms with Gasteiger partial charge in [-0.3, -0.25) is 14.9 Å². The fourth-order valence-corrected chi connectivity index (χ4v) is 3.95. The first-order chi connectivity index (χ1) is 15.3. The highest BCUT2D eigenvalue weighted by Crippen LogP contribution is 2.27. The smallest absolute Gasteiger partial charge is 0.273 e. The Hall–Kier alpha value is -3.58. The van der Waals surface area contributed by atoms with Crippen LogP contribution in [0.4, 0.5) is 14.9 Å². The summed E-state index contributed by atoms with van der Waals surface area (Å²) in [5, 5.41) is 2.24. The summed E-state index contributed by atoms with van der Waals surface area (Å²) in [4.78, 5) is 39.2. The zero-order chi connectivity index (χ0) is 22.8. The first kappa shape index (κ1) is 21.6. The van der Waals surface area contributed by atoms with Gasteiger partial charge in [-0.25, -0.2) is 14.1 Å². The number of nitrogens with zero attached hydrogens (tertiary/aromatic N) is 1. The molecule has 3 aromatic carbocycles. The molecule has 0 aliphatic carbocycles. The van der Waals surface area contributed by atoms with Gasteiger partial charge in [-0.05, 0) is 72.0 Å². The van der Waals surface area contributed by atoms with Crippen LogP contribution in [-0.2, 0) is 16.0 Å². The molecule has 0 unspecified atom stereocenters. The second-order valence-corrected chi connectivity index (χ2v) is 8.31. The van der Waals surface area contributed by atoms with Crippen LogP contribution in [0, 0.1) is 12.7 Å². The van der Waals surface area contributed by atoms with Gasteiger partial charge in [0.25, 0.3) is 11.8 Å². The number of anilines is 1. The van der Waals surface area contributed by atoms with Crippen LogP contribution in [0.3, 0.4) is 0 Å². The molecule has 3 aromatic rings. The van der Waals surface area contributed by atoms with Gasteiger partial charge in [0, 0.05) is 4.47 Å². The number of para-hydroxylation sites is 1. The van der Waals surface area contributed by atoms with Crippen molar-refractivity contribution in [1.82, 2.24) is 5.32 Å². The van der Waals surface area contributed by atoms with Gasteiger partial charge in [0.15, 0.2) is 0 Å². The van der Waals surface area contributed by atoms with Gasteiger partial charge in [-0.2, -0.15) is 0 Å². The summed E-state index contributed by atoms with van der Waals surface area (Å²) < 4.78 is 14.4. The Balaban J connectivity index is 1.76. The minimum Gasteiger partial charge on any atom is -0.273 e. The van der Waals surface area contributed by atoms with Gasteiger partial charge in [-0.1, -0.05) is 52.3 Å². The van der Waals surface area contributed by atoms with Crippen molar-refractivity contribution in [2.75, 3.05) is 4.90 Å². The van der Waals surface area contributed by atoms with E-state index in [1.54, 1.807) is 49.4 Å². The summed E-state index contributed by atoms with van der Waals surface area (Å²) in [6.07, 6.45) is 1.87. The van der Waals surface area contributed by atoms with Crippen LogP contribution in [-0.4, -0.2) is 17.8 Å². The van der Waals surface area contributed by atoms with E-state index in [9.17, 15) is 18.8 Å². The zero-order valence-corrected chi connectivity index (χ0v) is 18.6. The first-order valence-electron chi connectivity index (χ1n) is 9.83. The van der Waals surface area contributed by atoms with Crippen molar-refractivity contribution in [3.8, 4) is 0 Å². The van der Waals surface area contributed by atoms with Crippen molar-refractivity contribution in [1.29, 1.82) is 0 Å². The molecule has 1 fully saturated rings. The van der Waals surface area contributed by atoms with Crippen molar-refractivity contribution in [3.63, 3.8) is 0 Å². The summed E-state index contributed by atoms with van der Waals surface area (Å²) in [6, 6.07) is 17.9. The molecule has 0 saturated carbocycles.